The van der Waals surface area contributed by atoms with Crippen molar-refractivity contribution in [1.29, 1.82) is 0 Å². The molecule has 17 heavy (non-hydrogen) atoms. The van der Waals surface area contributed by atoms with E-state index in [-0.39, 0.29) is 0 Å². The summed E-state index contributed by atoms with van der Waals surface area (Å²) in [7, 11) is 0. The minimum absolute atomic E-state index is 0.596. The molecular weight excluding hydrogens is 230 g/mol. The van der Waals surface area contributed by atoms with E-state index in [4.69, 9.17) is 5.73 Å². The Morgan fingerprint density at radius 1 is 1.41 bits per heavy atom. The number of rotatable bonds is 2. The maximum atomic E-state index is 5.79. The summed E-state index contributed by atoms with van der Waals surface area (Å²) in [6.07, 6.45) is 8.09. The standard InChI is InChI=1S/C13H17N3S/c1-17-13-4-2-3-12(13)16-8-15-10-7-9(14)5-6-11(10)16/h5-8,12-13H,2-4,14H2,1H3. The van der Waals surface area contributed by atoms with E-state index in [0.29, 0.717) is 6.04 Å². The summed E-state index contributed by atoms with van der Waals surface area (Å²) in [6.45, 7) is 0. The average Bonchev–Trinajstić information content (AvgIpc) is 2.92. The zero-order valence-electron chi connectivity index (χ0n) is 9.97. The van der Waals surface area contributed by atoms with E-state index >= 15 is 0 Å². The summed E-state index contributed by atoms with van der Waals surface area (Å²) in [5.74, 6) is 0. The fourth-order valence-electron chi connectivity index (χ4n) is 2.81. The number of benzene rings is 1. The monoisotopic (exact) mass is 247 g/mol. The molecule has 1 aliphatic carbocycles. The Bertz CT molecular complexity index is 534. The minimum Gasteiger partial charge on any atom is -0.399 e. The van der Waals surface area contributed by atoms with Gasteiger partial charge in [-0.05, 0) is 37.3 Å². The largest absolute Gasteiger partial charge is 0.399 e. The zero-order valence-corrected chi connectivity index (χ0v) is 10.8. The molecule has 2 aromatic rings. The Balaban J connectivity index is 2.05. The van der Waals surface area contributed by atoms with E-state index in [1.807, 2.05) is 30.2 Å². The average molecular weight is 247 g/mol. The summed E-state index contributed by atoms with van der Waals surface area (Å²) >= 11 is 1.98. The lowest BCUT2D eigenvalue weighted by Gasteiger charge is -2.19. The number of imidazole rings is 1. The van der Waals surface area contributed by atoms with E-state index in [1.54, 1.807) is 0 Å². The SMILES string of the molecule is CSC1CCCC1n1cnc2cc(N)ccc21. The van der Waals surface area contributed by atoms with Gasteiger partial charge in [-0.2, -0.15) is 11.8 Å². The third kappa shape index (κ3) is 1.80. The molecule has 1 fully saturated rings. The van der Waals surface area contributed by atoms with Crippen molar-refractivity contribution in [3.63, 3.8) is 0 Å². The molecule has 1 saturated carbocycles. The van der Waals surface area contributed by atoms with Crippen LogP contribution in [0.5, 0.6) is 0 Å². The smallest absolute Gasteiger partial charge is 0.0961 e. The Labute approximate surface area is 105 Å². The molecule has 0 aliphatic heterocycles. The second-order valence-corrected chi connectivity index (χ2v) is 5.75. The number of thioether (sulfide) groups is 1. The minimum atomic E-state index is 0.596. The molecule has 4 heteroatoms. The second-order valence-electron chi connectivity index (χ2n) is 4.67. The van der Waals surface area contributed by atoms with Crippen LogP contribution >= 0.6 is 11.8 Å². The van der Waals surface area contributed by atoms with Gasteiger partial charge in [0.1, 0.15) is 0 Å². The van der Waals surface area contributed by atoms with Crippen LogP contribution in [0.3, 0.4) is 0 Å². The molecule has 1 heterocycles. The molecule has 0 amide bonds. The van der Waals surface area contributed by atoms with Crippen LogP contribution < -0.4 is 5.73 Å². The van der Waals surface area contributed by atoms with Crippen LogP contribution in [0.1, 0.15) is 25.3 Å². The van der Waals surface area contributed by atoms with E-state index in [9.17, 15) is 0 Å². The van der Waals surface area contributed by atoms with E-state index in [1.165, 1.54) is 24.8 Å². The molecule has 2 atom stereocenters. The van der Waals surface area contributed by atoms with Gasteiger partial charge < -0.3 is 10.3 Å². The van der Waals surface area contributed by atoms with Gasteiger partial charge in [0.05, 0.1) is 17.4 Å². The summed E-state index contributed by atoms with van der Waals surface area (Å²) in [6, 6.07) is 6.60. The highest BCUT2D eigenvalue weighted by molar-refractivity contribution is 7.99. The van der Waals surface area contributed by atoms with Crippen molar-refractivity contribution in [3.8, 4) is 0 Å². The molecule has 2 unspecified atom stereocenters. The number of nitrogens with two attached hydrogens (primary N) is 1. The summed E-state index contributed by atoms with van der Waals surface area (Å²) in [5.41, 5.74) is 8.80. The van der Waals surface area contributed by atoms with E-state index in [0.717, 1.165) is 16.5 Å². The summed E-state index contributed by atoms with van der Waals surface area (Å²) in [4.78, 5) is 4.47. The highest BCUT2D eigenvalue weighted by atomic mass is 32.2. The molecule has 3 nitrogen and oxygen atoms in total. The Morgan fingerprint density at radius 3 is 3.12 bits per heavy atom. The molecule has 1 aliphatic rings. The van der Waals surface area contributed by atoms with Crippen molar-refractivity contribution in [3.05, 3.63) is 24.5 Å². The number of aromatic nitrogens is 2. The van der Waals surface area contributed by atoms with Gasteiger partial charge >= 0.3 is 0 Å². The number of fused-ring (bicyclic) bond motifs is 1. The molecule has 90 valence electrons. The van der Waals surface area contributed by atoms with Crippen molar-refractivity contribution in [2.45, 2.75) is 30.6 Å². The first-order chi connectivity index (χ1) is 8.29. The van der Waals surface area contributed by atoms with Crippen molar-refractivity contribution >= 4 is 28.5 Å². The van der Waals surface area contributed by atoms with Crippen LogP contribution in [0.25, 0.3) is 11.0 Å². The van der Waals surface area contributed by atoms with Crippen molar-refractivity contribution in [2.24, 2.45) is 0 Å². The third-order valence-electron chi connectivity index (χ3n) is 3.68. The van der Waals surface area contributed by atoms with Crippen LogP contribution in [0.15, 0.2) is 24.5 Å². The number of anilines is 1. The highest BCUT2D eigenvalue weighted by Gasteiger charge is 2.28. The molecule has 1 aromatic carbocycles. The van der Waals surface area contributed by atoms with Gasteiger partial charge in [-0.1, -0.05) is 6.42 Å². The van der Waals surface area contributed by atoms with Gasteiger partial charge in [-0.3, -0.25) is 0 Å². The lowest BCUT2D eigenvalue weighted by Crippen LogP contribution is -2.14. The highest BCUT2D eigenvalue weighted by Crippen LogP contribution is 2.38. The summed E-state index contributed by atoms with van der Waals surface area (Å²) < 4.78 is 2.34. The quantitative estimate of drug-likeness (QED) is 0.829. The molecule has 0 bridgehead atoms. The topological polar surface area (TPSA) is 43.8 Å². The molecule has 0 spiro atoms. The predicted octanol–water partition coefficient (Wildman–Crippen LogP) is 3.08. The lowest BCUT2D eigenvalue weighted by atomic mass is 10.2. The predicted molar refractivity (Wildman–Crippen MR) is 74.3 cm³/mol. The van der Waals surface area contributed by atoms with Gasteiger partial charge in [0.15, 0.2) is 0 Å². The first kappa shape index (κ1) is 11.0. The lowest BCUT2D eigenvalue weighted by molar-refractivity contribution is 0.542. The van der Waals surface area contributed by atoms with Gasteiger partial charge in [0.2, 0.25) is 0 Å². The van der Waals surface area contributed by atoms with E-state index in [2.05, 4.69) is 21.9 Å². The molecule has 2 N–H and O–H groups in total. The Hall–Kier alpha value is -1.16. The van der Waals surface area contributed by atoms with Gasteiger partial charge in [-0.25, -0.2) is 4.98 Å². The van der Waals surface area contributed by atoms with Crippen molar-refractivity contribution < 1.29 is 0 Å². The van der Waals surface area contributed by atoms with Gasteiger partial charge in [0, 0.05) is 17.0 Å². The van der Waals surface area contributed by atoms with Crippen LogP contribution in [0, 0.1) is 0 Å². The maximum absolute atomic E-state index is 5.79. The number of hydrogen-bond acceptors (Lipinski definition) is 3. The Morgan fingerprint density at radius 2 is 2.29 bits per heavy atom. The van der Waals surface area contributed by atoms with E-state index < -0.39 is 0 Å². The fourth-order valence-corrected chi connectivity index (χ4v) is 3.80. The zero-order chi connectivity index (χ0) is 11.8. The molecular formula is C13H17N3S. The second kappa shape index (κ2) is 4.26. The number of hydrogen-bond donors (Lipinski definition) is 1. The Kier molecular flexibility index (Phi) is 2.74. The molecule has 1 aromatic heterocycles. The number of nitrogens with zero attached hydrogens (tertiary/aromatic N) is 2. The van der Waals surface area contributed by atoms with Crippen molar-refractivity contribution in [2.75, 3.05) is 12.0 Å². The fraction of sp³-hybridized carbons (Fsp3) is 0.462. The van der Waals surface area contributed by atoms with Crippen LogP contribution in [-0.2, 0) is 0 Å². The molecule has 0 saturated heterocycles. The number of nitrogen functional groups attached to an aromatic ring is 1. The van der Waals surface area contributed by atoms with Gasteiger partial charge in [0.25, 0.3) is 0 Å². The van der Waals surface area contributed by atoms with Gasteiger partial charge in [-0.15, -0.1) is 0 Å². The first-order valence-electron chi connectivity index (χ1n) is 6.04. The maximum Gasteiger partial charge on any atom is 0.0961 e. The van der Waals surface area contributed by atoms with Crippen LogP contribution in [0.2, 0.25) is 0 Å². The third-order valence-corrected chi connectivity index (χ3v) is 4.83. The van der Waals surface area contributed by atoms with Crippen molar-refractivity contribution in [1.82, 2.24) is 9.55 Å². The van der Waals surface area contributed by atoms with Crippen LogP contribution in [0.4, 0.5) is 5.69 Å². The summed E-state index contributed by atoms with van der Waals surface area (Å²) in [5, 5.41) is 0.727. The molecule has 3 rings (SSSR count). The molecule has 0 radical (unpaired) electrons. The normalized spacial score (nSPS) is 24.5. The van der Waals surface area contributed by atoms with Crippen LogP contribution in [-0.4, -0.2) is 21.1 Å². The first-order valence-corrected chi connectivity index (χ1v) is 7.33.